The van der Waals surface area contributed by atoms with Crippen LogP contribution in [0.5, 0.6) is 0 Å². The van der Waals surface area contributed by atoms with E-state index in [4.69, 9.17) is 0 Å². The molecule has 0 saturated heterocycles. The Morgan fingerprint density at radius 1 is 0.310 bits per heavy atom. The predicted molar refractivity (Wildman–Crippen MR) is 132 cm³/mol. The summed E-state index contributed by atoms with van der Waals surface area (Å²) in [5.41, 5.74) is -8.14. The molecular weight excluding hydrogens is 588 g/mol. The van der Waals surface area contributed by atoms with Crippen molar-refractivity contribution in [2.45, 2.75) is 78.1 Å². The normalized spacial score (nSPS) is 13.4. The third kappa shape index (κ3) is 5.37. The van der Waals surface area contributed by atoms with Crippen LogP contribution in [0.25, 0.3) is 11.1 Å². The topological polar surface area (TPSA) is 0 Å². The molecule has 0 bridgehead atoms. The molecular formula is C30H26F12. The highest BCUT2D eigenvalue weighted by Gasteiger charge is 2.36. The van der Waals surface area contributed by atoms with E-state index in [1.54, 1.807) is 0 Å². The second kappa shape index (κ2) is 12.2. The Balaban J connectivity index is 2.05. The Labute approximate surface area is 234 Å². The molecule has 0 fully saturated rings. The van der Waals surface area contributed by atoms with Gasteiger partial charge in [-0.1, -0.05) is 41.5 Å². The fourth-order valence-electron chi connectivity index (χ4n) is 5.07. The molecule has 0 aliphatic carbocycles. The maximum absolute atomic E-state index is 15.1. The van der Waals surface area contributed by atoms with Crippen LogP contribution < -0.4 is 0 Å². The van der Waals surface area contributed by atoms with E-state index in [2.05, 4.69) is 0 Å². The molecule has 0 N–H and O–H groups in total. The largest absolute Gasteiger partial charge is 0.203 e. The monoisotopic (exact) mass is 614 g/mol. The number of halogens is 12. The highest BCUT2D eigenvalue weighted by Crippen LogP contribution is 2.42. The van der Waals surface area contributed by atoms with Crippen molar-refractivity contribution in [2.24, 2.45) is 0 Å². The van der Waals surface area contributed by atoms with Gasteiger partial charge in [-0.25, -0.2) is 52.7 Å². The lowest BCUT2D eigenvalue weighted by atomic mass is 9.86. The molecule has 2 atom stereocenters. The van der Waals surface area contributed by atoms with E-state index in [0.29, 0.717) is 0 Å². The summed E-state index contributed by atoms with van der Waals surface area (Å²) < 4.78 is 177. The van der Waals surface area contributed by atoms with Crippen LogP contribution in [0.1, 0.15) is 100 Å². The molecule has 3 rings (SSSR count). The molecule has 3 aromatic carbocycles. The number of rotatable bonds is 8. The number of hydrogen-bond donors (Lipinski definition) is 0. The van der Waals surface area contributed by atoms with Gasteiger partial charge in [-0.2, -0.15) is 0 Å². The fourth-order valence-corrected chi connectivity index (χ4v) is 5.07. The van der Waals surface area contributed by atoms with Gasteiger partial charge < -0.3 is 0 Å². The summed E-state index contributed by atoms with van der Waals surface area (Å²) in [7, 11) is 0. The van der Waals surface area contributed by atoms with Gasteiger partial charge in [0.2, 0.25) is 0 Å². The summed E-state index contributed by atoms with van der Waals surface area (Å²) in [4.78, 5) is 0. The van der Waals surface area contributed by atoms with E-state index >= 15 is 17.6 Å². The zero-order valence-electron chi connectivity index (χ0n) is 23.3. The van der Waals surface area contributed by atoms with E-state index < -0.39 is 140 Å². The quantitative estimate of drug-likeness (QED) is 0.175. The van der Waals surface area contributed by atoms with Crippen molar-refractivity contribution in [3.8, 4) is 11.1 Å². The lowest BCUT2D eigenvalue weighted by molar-refractivity contribution is 0.399. The van der Waals surface area contributed by atoms with Crippen molar-refractivity contribution in [3.63, 3.8) is 0 Å². The lowest BCUT2D eigenvalue weighted by Crippen LogP contribution is -2.14. The molecule has 0 radical (unpaired) electrons. The van der Waals surface area contributed by atoms with E-state index in [0.717, 1.165) is 13.8 Å². The van der Waals surface area contributed by atoms with Crippen molar-refractivity contribution in [2.75, 3.05) is 0 Å². The van der Waals surface area contributed by atoms with Crippen LogP contribution in [-0.2, 0) is 0 Å². The Morgan fingerprint density at radius 3 is 0.738 bits per heavy atom. The SMILES string of the molecule is CC(C)c1c(F)c(F)c(-c2c(F)c(F)c(C(C)CCC(C)c3c(F)c(F)c(C(C)C)c(F)c3F)c(F)c2F)c(F)c1F. The highest BCUT2D eigenvalue weighted by molar-refractivity contribution is 5.68. The highest BCUT2D eigenvalue weighted by atomic mass is 19.2. The number of hydrogen-bond acceptors (Lipinski definition) is 0. The summed E-state index contributed by atoms with van der Waals surface area (Å²) in [6, 6.07) is 0. The van der Waals surface area contributed by atoms with Gasteiger partial charge in [0.05, 0.1) is 11.1 Å². The summed E-state index contributed by atoms with van der Waals surface area (Å²) in [5, 5.41) is 0. The van der Waals surface area contributed by atoms with Gasteiger partial charge >= 0.3 is 0 Å². The molecule has 0 aromatic heterocycles. The van der Waals surface area contributed by atoms with Gasteiger partial charge in [0.1, 0.15) is 0 Å². The Bertz CT molecular complexity index is 1450. The van der Waals surface area contributed by atoms with Gasteiger partial charge in [0, 0.05) is 22.3 Å². The van der Waals surface area contributed by atoms with Gasteiger partial charge in [-0.3, -0.25) is 0 Å². The van der Waals surface area contributed by atoms with E-state index in [1.165, 1.54) is 27.7 Å². The van der Waals surface area contributed by atoms with Crippen LogP contribution in [0, 0.1) is 69.8 Å². The van der Waals surface area contributed by atoms with Crippen molar-refractivity contribution >= 4 is 0 Å². The molecule has 0 aliphatic heterocycles. The summed E-state index contributed by atoms with van der Waals surface area (Å²) in [6.45, 7) is 7.19. The maximum atomic E-state index is 15.1. The summed E-state index contributed by atoms with van der Waals surface area (Å²) >= 11 is 0. The summed E-state index contributed by atoms with van der Waals surface area (Å²) in [6.07, 6.45) is -0.842. The zero-order chi connectivity index (χ0) is 32.1. The third-order valence-electron chi connectivity index (χ3n) is 7.35. The second-order valence-electron chi connectivity index (χ2n) is 10.9. The van der Waals surface area contributed by atoms with Crippen molar-refractivity contribution in [1.82, 2.24) is 0 Å². The Hall–Kier alpha value is -3.18. The minimum absolute atomic E-state index is 0.394. The standard InChI is InChI=1S/C30H26F12/c1-9(2)13-19(31)23(35)15(24(36)20(13)32)11(5)7-8-12(6)16-25(37)29(41)18(30(42)26(16)38)17-27(39)21(33)14(10(3)4)22(34)28(17)40/h9-12H,7-8H2,1-6H3. The van der Waals surface area contributed by atoms with Gasteiger partial charge in [-0.15, -0.1) is 0 Å². The van der Waals surface area contributed by atoms with Gasteiger partial charge in [0.25, 0.3) is 0 Å². The van der Waals surface area contributed by atoms with Crippen molar-refractivity contribution in [1.29, 1.82) is 0 Å². The molecule has 0 saturated carbocycles. The van der Waals surface area contributed by atoms with Crippen LogP contribution in [-0.4, -0.2) is 0 Å². The van der Waals surface area contributed by atoms with Crippen LogP contribution in [0.2, 0.25) is 0 Å². The molecule has 0 nitrogen and oxygen atoms in total. The van der Waals surface area contributed by atoms with E-state index in [1.807, 2.05) is 0 Å². The minimum atomic E-state index is -2.34. The zero-order valence-corrected chi connectivity index (χ0v) is 23.3. The average molecular weight is 615 g/mol. The molecule has 42 heavy (non-hydrogen) atoms. The number of benzene rings is 3. The first-order valence-electron chi connectivity index (χ1n) is 13.0. The van der Waals surface area contributed by atoms with Gasteiger partial charge in [0.15, 0.2) is 69.8 Å². The van der Waals surface area contributed by atoms with Crippen LogP contribution in [0.4, 0.5) is 52.7 Å². The Kier molecular flexibility index (Phi) is 9.68. The molecule has 3 aromatic rings. The van der Waals surface area contributed by atoms with Gasteiger partial charge in [-0.05, 0) is 36.5 Å². The predicted octanol–water partition coefficient (Wildman–Crippen LogP) is 11.0. The molecule has 0 heterocycles. The maximum Gasteiger partial charge on any atom is 0.170 e. The molecule has 0 aliphatic rings. The fraction of sp³-hybridized carbons (Fsp3) is 0.400. The lowest BCUT2D eigenvalue weighted by Gasteiger charge is -2.21. The van der Waals surface area contributed by atoms with Crippen molar-refractivity contribution in [3.05, 3.63) is 92.1 Å². The molecule has 12 heteroatoms. The average Bonchev–Trinajstić information content (AvgIpc) is 2.90. The molecule has 230 valence electrons. The first-order chi connectivity index (χ1) is 19.4. The van der Waals surface area contributed by atoms with E-state index in [9.17, 15) is 35.1 Å². The molecule has 2 unspecified atom stereocenters. The van der Waals surface area contributed by atoms with Crippen LogP contribution >= 0.6 is 0 Å². The first kappa shape index (κ1) is 33.3. The van der Waals surface area contributed by atoms with E-state index in [-0.39, 0.29) is 0 Å². The molecule has 0 amide bonds. The Morgan fingerprint density at radius 2 is 0.500 bits per heavy atom. The summed E-state index contributed by atoms with van der Waals surface area (Å²) in [5.74, 6) is -28.8. The van der Waals surface area contributed by atoms with Crippen LogP contribution in [0.15, 0.2) is 0 Å². The smallest absolute Gasteiger partial charge is 0.170 e. The third-order valence-corrected chi connectivity index (χ3v) is 7.35. The second-order valence-corrected chi connectivity index (χ2v) is 10.9. The minimum Gasteiger partial charge on any atom is -0.203 e. The van der Waals surface area contributed by atoms with Crippen LogP contribution in [0.3, 0.4) is 0 Å². The first-order valence-corrected chi connectivity index (χ1v) is 13.0. The molecule has 0 spiro atoms. The van der Waals surface area contributed by atoms with Crippen molar-refractivity contribution < 1.29 is 52.7 Å².